The van der Waals surface area contributed by atoms with Crippen molar-refractivity contribution < 1.29 is 9.53 Å². The second-order valence-electron chi connectivity index (χ2n) is 10.9. The maximum Gasteiger partial charge on any atom is 0.411 e. The fourth-order valence-electron chi connectivity index (χ4n) is 5.59. The molecule has 4 heterocycles. The summed E-state index contributed by atoms with van der Waals surface area (Å²) < 4.78 is 9.28. The Bertz CT molecular complexity index is 1640. The van der Waals surface area contributed by atoms with Crippen LogP contribution in [0.25, 0.3) is 16.4 Å². The molecule has 0 aliphatic carbocycles. The Hall–Kier alpha value is -4.44. The van der Waals surface area contributed by atoms with Crippen molar-refractivity contribution in [2.45, 2.75) is 45.6 Å². The number of aromatic nitrogens is 5. The molecule has 2 N–H and O–H groups in total. The Balaban J connectivity index is 1.20. The first-order valence-electron chi connectivity index (χ1n) is 14.3. The van der Waals surface area contributed by atoms with Gasteiger partial charge >= 0.3 is 6.09 Å². The van der Waals surface area contributed by atoms with Gasteiger partial charge in [-0.1, -0.05) is 50.6 Å². The fourth-order valence-corrected chi connectivity index (χ4v) is 5.59. The third kappa shape index (κ3) is 6.02. The summed E-state index contributed by atoms with van der Waals surface area (Å²) in [5.74, 6) is 0.764. The minimum absolute atomic E-state index is 0.105. The predicted molar refractivity (Wildman–Crippen MR) is 161 cm³/mol. The summed E-state index contributed by atoms with van der Waals surface area (Å²) >= 11 is 0. The quantitative estimate of drug-likeness (QED) is 0.230. The Morgan fingerprint density at radius 2 is 1.88 bits per heavy atom. The highest BCUT2D eigenvalue weighted by Crippen LogP contribution is 2.35. The van der Waals surface area contributed by atoms with E-state index >= 15 is 0 Å². The maximum atomic E-state index is 12.7. The lowest BCUT2D eigenvalue weighted by Crippen LogP contribution is -2.33. The highest BCUT2D eigenvalue weighted by Gasteiger charge is 2.21. The van der Waals surface area contributed by atoms with E-state index in [0.29, 0.717) is 24.7 Å². The van der Waals surface area contributed by atoms with Crippen molar-refractivity contribution in [1.82, 2.24) is 29.3 Å². The van der Waals surface area contributed by atoms with E-state index in [0.717, 1.165) is 47.3 Å². The van der Waals surface area contributed by atoms with E-state index in [1.54, 1.807) is 4.52 Å². The maximum absolute atomic E-state index is 12.7. The molecule has 1 aliphatic heterocycles. The highest BCUT2D eigenvalue weighted by molar-refractivity contribution is 5.92. The van der Waals surface area contributed by atoms with Crippen LogP contribution in [0.5, 0.6) is 0 Å². The van der Waals surface area contributed by atoms with E-state index in [1.165, 1.54) is 31.2 Å². The second kappa shape index (κ2) is 12.0. The zero-order valence-electron chi connectivity index (χ0n) is 23.6. The number of benzene rings is 2. The summed E-state index contributed by atoms with van der Waals surface area (Å²) in [4.78, 5) is 19.6. The predicted octanol–water partition coefficient (Wildman–Crippen LogP) is 6.03. The molecule has 0 bridgehead atoms. The van der Waals surface area contributed by atoms with Crippen molar-refractivity contribution in [1.29, 1.82) is 0 Å². The summed E-state index contributed by atoms with van der Waals surface area (Å²) in [6.07, 6.45) is 8.46. The Morgan fingerprint density at radius 3 is 2.68 bits per heavy atom. The molecule has 10 heteroatoms. The zero-order valence-corrected chi connectivity index (χ0v) is 23.6. The van der Waals surface area contributed by atoms with Gasteiger partial charge in [-0.15, -0.1) is 0 Å². The van der Waals surface area contributed by atoms with Gasteiger partial charge in [0.1, 0.15) is 18.5 Å². The van der Waals surface area contributed by atoms with Gasteiger partial charge in [-0.3, -0.25) is 14.9 Å². The monoisotopic (exact) mass is 552 g/mol. The third-order valence-corrected chi connectivity index (χ3v) is 7.60. The molecule has 10 nitrogen and oxygen atoms in total. The molecular formula is C31H36N8O2. The number of piperidine rings is 1. The Morgan fingerprint density at radius 1 is 1.05 bits per heavy atom. The number of hydrogen-bond donors (Lipinski definition) is 2. The van der Waals surface area contributed by atoms with Gasteiger partial charge < -0.3 is 10.1 Å². The van der Waals surface area contributed by atoms with Crippen LogP contribution in [0.2, 0.25) is 0 Å². The van der Waals surface area contributed by atoms with Crippen LogP contribution in [0.1, 0.15) is 50.2 Å². The molecule has 0 radical (unpaired) electrons. The van der Waals surface area contributed by atoms with Gasteiger partial charge in [-0.2, -0.15) is 10.2 Å². The number of amides is 1. The standard InChI is InChI=1S/C31H36N8O2/c1-22(2)28-26(36-31(40)41-16-15-37-13-7-4-8-14-37)20-39-29(28)30(32-21-34-39)35-25-11-12-27-24(17-25)18-33-38(27)19-23-9-5-3-6-10-23/h3,5-6,9-12,17-18,20-22H,4,7-8,13-16,19H2,1-2H3,(H,36,40)(H,32,34,35). The summed E-state index contributed by atoms with van der Waals surface area (Å²) in [7, 11) is 0. The molecule has 0 unspecified atom stereocenters. The van der Waals surface area contributed by atoms with Gasteiger partial charge in [-0.25, -0.2) is 14.3 Å². The summed E-state index contributed by atoms with van der Waals surface area (Å²) in [5, 5.41) is 16.5. The number of nitrogens with zero attached hydrogens (tertiary/aromatic N) is 6. The largest absolute Gasteiger partial charge is 0.448 e. The molecule has 41 heavy (non-hydrogen) atoms. The number of ether oxygens (including phenoxy) is 1. The number of fused-ring (bicyclic) bond motifs is 2. The normalized spacial score (nSPS) is 14.1. The minimum atomic E-state index is -0.458. The molecule has 212 valence electrons. The average Bonchev–Trinajstić information content (AvgIpc) is 3.55. The SMILES string of the molecule is CC(C)c1c(NC(=O)OCCN2CCCCC2)cn2ncnc(Nc3ccc4c(cnn4Cc4ccccc4)c3)c12. The molecule has 0 atom stereocenters. The van der Waals surface area contributed by atoms with Crippen molar-refractivity contribution in [3.8, 4) is 0 Å². The molecule has 1 aliphatic rings. The molecule has 1 saturated heterocycles. The van der Waals surface area contributed by atoms with Crippen molar-refractivity contribution in [3.05, 3.63) is 78.4 Å². The van der Waals surface area contributed by atoms with Gasteiger partial charge in [0.2, 0.25) is 0 Å². The minimum Gasteiger partial charge on any atom is -0.448 e. The van der Waals surface area contributed by atoms with Gasteiger partial charge in [0.05, 0.1) is 30.1 Å². The lowest BCUT2D eigenvalue weighted by Gasteiger charge is -2.25. The third-order valence-electron chi connectivity index (χ3n) is 7.60. The lowest BCUT2D eigenvalue weighted by atomic mass is 10.0. The van der Waals surface area contributed by atoms with E-state index in [-0.39, 0.29) is 5.92 Å². The molecule has 6 rings (SSSR count). The second-order valence-corrected chi connectivity index (χ2v) is 10.9. The number of hydrogen-bond acceptors (Lipinski definition) is 7. The number of carbonyl (C=O) groups is 1. The highest BCUT2D eigenvalue weighted by atomic mass is 16.5. The van der Waals surface area contributed by atoms with E-state index in [1.807, 2.05) is 41.3 Å². The smallest absolute Gasteiger partial charge is 0.411 e. The van der Waals surface area contributed by atoms with Crippen LogP contribution in [0, 0.1) is 0 Å². The molecule has 1 fully saturated rings. The van der Waals surface area contributed by atoms with Gasteiger partial charge in [0.15, 0.2) is 5.82 Å². The van der Waals surface area contributed by atoms with Crippen molar-refractivity contribution in [2.75, 3.05) is 36.9 Å². The van der Waals surface area contributed by atoms with Crippen LogP contribution >= 0.6 is 0 Å². The first-order valence-corrected chi connectivity index (χ1v) is 14.3. The first kappa shape index (κ1) is 26.8. The summed E-state index contributed by atoms with van der Waals surface area (Å²) in [5.41, 5.74) is 5.57. The van der Waals surface area contributed by atoms with E-state index < -0.39 is 6.09 Å². The van der Waals surface area contributed by atoms with Crippen LogP contribution in [-0.4, -0.2) is 61.6 Å². The number of anilines is 3. The lowest BCUT2D eigenvalue weighted by molar-refractivity contribution is 0.131. The fraction of sp³-hybridized carbons (Fsp3) is 0.355. The number of nitrogens with one attached hydrogen (secondary N) is 2. The molecule has 5 aromatic rings. The van der Waals surface area contributed by atoms with Gasteiger partial charge in [0, 0.05) is 23.2 Å². The number of carbonyl (C=O) groups excluding carboxylic acids is 1. The molecule has 1 amide bonds. The topological polar surface area (TPSA) is 102 Å². The van der Waals surface area contributed by atoms with Crippen molar-refractivity contribution in [2.24, 2.45) is 0 Å². The van der Waals surface area contributed by atoms with E-state index in [9.17, 15) is 4.79 Å². The molecular weight excluding hydrogens is 516 g/mol. The van der Waals surface area contributed by atoms with Crippen LogP contribution in [0.15, 0.2) is 67.3 Å². The molecule has 3 aromatic heterocycles. The first-order chi connectivity index (χ1) is 20.0. The molecule has 0 saturated carbocycles. The summed E-state index contributed by atoms with van der Waals surface area (Å²) in [6.45, 7) is 8.17. The number of rotatable bonds is 9. The molecule has 0 spiro atoms. The Kier molecular flexibility index (Phi) is 7.82. The average molecular weight is 553 g/mol. The van der Waals surface area contributed by atoms with E-state index in [2.05, 4.69) is 68.8 Å². The zero-order chi connectivity index (χ0) is 28.2. The van der Waals surface area contributed by atoms with Crippen molar-refractivity contribution in [3.63, 3.8) is 0 Å². The Labute approximate surface area is 239 Å². The summed E-state index contributed by atoms with van der Waals surface area (Å²) in [6, 6.07) is 16.5. The van der Waals surface area contributed by atoms with Gasteiger partial charge in [0.25, 0.3) is 0 Å². The van der Waals surface area contributed by atoms with Crippen LogP contribution < -0.4 is 10.6 Å². The van der Waals surface area contributed by atoms with Crippen LogP contribution in [-0.2, 0) is 11.3 Å². The number of likely N-dealkylation sites (tertiary alicyclic amines) is 1. The van der Waals surface area contributed by atoms with Crippen molar-refractivity contribution >= 4 is 39.7 Å². The van der Waals surface area contributed by atoms with E-state index in [4.69, 9.17) is 4.74 Å². The molecule has 2 aromatic carbocycles. The van der Waals surface area contributed by atoms with Crippen LogP contribution in [0.3, 0.4) is 0 Å². The van der Waals surface area contributed by atoms with Gasteiger partial charge in [-0.05, 0) is 55.6 Å². The van der Waals surface area contributed by atoms with Crippen LogP contribution in [0.4, 0.5) is 22.0 Å².